The quantitative estimate of drug-likeness (QED) is 0.674. The van der Waals surface area contributed by atoms with Crippen LogP contribution in [-0.4, -0.2) is 34.2 Å². The first-order valence-corrected chi connectivity index (χ1v) is 7.99. The molecule has 0 radical (unpaired) electrons. The molecule has 9 heteroatoms. The van der Waals surface area contributed by atoms with Gasteiger partial charge in [-0.3, -0.25) is 4.79 Å². The number of benzene rings is 1. The molecule has 27 heavy (non-hydrogen) atoms. The smallest absolute Gasteiger partial charge is 0.427 e. The van der Waals surface area contributed by atoms with Crippen molar-refractivity contribution in [2.24, 2.45) is 0 Å². The maximum Gasteiger partial charge on any atom is 0.427 e. The Hall–Kier alpha value is -2.58. The second kappa shape index (κ2) is 7.58. The number of imide groups is 3. The normalized spacial score (nSPS) is 12.3. The molecule has 1 aromatic carbocycles. The van der Waals surface area contributed by atoms with Crippen LogP contribution in [0.1, 0.15) is 57.5 Å². The number of hydrogen-bond acceptors (Lipinski definition) is 5. The maximum atomic E-state index is 12.9. The van der Waals surface area contributed by atoms with Crippen molar-refractivity contribution < 1.29 is 37.0 Å². The molecule has 0 N–H and O–H groups in total. The summed E-state index contributed by atoms with van der Waals surface area (Å²) in [5.74, 6) is -1.29. The van der Waals surface area contributed by atoms with Crippen LogP contribution in [-0.2, 0) is 15.7 Å². The molecule has 0 fully saturated rings. The fourth-order valence-corrected chi connectivity index (χ4v) is 1.81. The summed E-state index contributed by atoms with van der Waals surface area (Å²) in [7, 11) is 0. The molecule has 0 aliphatic rings. The van der Waals surface area contributed by atoms with Gasteiger partial charge >= 0.3 is 18.4 Å². The summed E-state index contributed by atoms with van der Waals surface area (Å²) in [5, 5.41) is 0. The van der Waals surface area contributed by atoms with Gasteiger partial charge in [-0.1, -0.05) is 6.07 Å². The zero-order chi connectivity index (χ0) is 21.2. The van der Waals surface area contributed by atoms with Crippen molar-refractivity contribution in [1.82, 2.24) is 4.90 Å². The lowest BCUT2D eigenvalue weighted by atomic mass is 10.1. The molecule has 0 bridgehead atoms. The van der Waals surface area contributed by atoms with E-state index in [1.165, 1.54) is 41.5 Å². The molecule has 0 aliphatic carbocycles. The number of ether oxygens (including phenoxy) is 2. The van der Waals surface area contributed by atoms with Crippen LogP contribution in [0.15, 0.2) is 24.3 Å². The first kappa shape index (κ1) is 22.5. The van der Waals surface area contributed by atoms with Gasteiger partial charge in [-0.05, 0) is 59.7 Å². The van der Waals surface area contributed by atoms with E-state index in [-0.39, 0.29) is 4.90 Å². The van der Waals surface area contributed by atoms with E-state index in [2.05, 4.69) is 0 Å². The molecule has 0 unspecified atom stereocenters. The van der Waals surface area contributed by atoms with Crippen molar-refractivity contribution in [2.75, 3.05) is 0 Å². The molecule has 3 amide bonds. The van der Waals surface area contributed by atoms with Crippen LogP contribution < -0.4 is 0 Å². The van der Waals surface area contributed by atoms with Crippen molar-refractivity contribution in [3.05, 3.63) is 35.4 Å². The van der Waals surface area contributed by atoms with E-state index >= 15 is 0 Å². The Bertz CT molecular complexity index is 702. The summed E-state index contributed by atoms with van der Waals surface area (Å²) in [6.45, 7) is 9.04. The molecule has 0 spiro atoms. The van der Waals surface area contributed by atoms with Gasteiger partial charge in [0.05, 0.1) is 5.56 Å². The fourth-order valence-electron chi connectivity index (χ4n) is 1.81. The molecule has 0 aliphatic heterocycles. The molecule has 1 aromatic rings. The van der Waals surface area contributed by atoms with E-state index in [1.807, 2.05) is 0 Å². The van der Waals surface area contributed by atoms with E-state index in [9.17, 15) is 27.6 Å². The number of alkyl halides is 3. The van der Waals surface area contributed by atoms with Crippen molar-refractivity contribution >= 4 is 18.1 Å². The zero-order valence-corrected chi connectivity index (χ0v) is 15.9. The first-order chi connectivity index (χ1) is 12.0. The second-order valence-corrected chi connectivity index (χ2v) is 7.68. The lowest BCUT2D eigenvalue weighted by Gasteiger charge is -2.27. The van der Waals surface area contributed by atoms with Gasteiger partial charge in [0, 0.05) is 5.56 Å². The summed E-state index contributed by atoms with van der Waals surface area (Å²) in [4.78, 5) is 37.4. The molecule has 0 heterocycles. The lowest BCUT2D eigenvalue weighted by molar-refractivity contribution is -0.137. The van der Waals surface area contributed by atoms with E-state index in [0.29, 0.717) is 6.07 Å². The van der Waals surface area contributed by atoms with Crippen LogP contribution in [0.2, 0.25) is 0 Å². The third-order valence-electron chi connectivity index (χ3n) is 2.79. The monoisotopic (exact) mass is 389 g/mol. The van der Waals surface area contributed by atoms with Crippen LogP contribution in [0, 0.1) is 0 Å². The maximum absolute atomic E-state index is 12.9. The van der Waals surface area contributed by atoms with E-state index in [1.54, 1.807) is 0 Å². The van der Waals surface area contributed by atoms with E-state index < -0.39 is 46.6 Å². The molecular weight excluding hydrogens is 367 g/mol. The zero-order valence-electron chi connectivity index (χ0n) is 15.9. The van der Waals surface area contributed by atoms with Gasteiger partial charge in [0.25, 0.3) is 5.91 Å². The minimum atomic E-state index is -4.70. The van der Waals surface area contributed by atoms with Gasteiger partial charge in [-0.25, -0.2) is 9.59 Å². The number of nitrogens with zero attached hydrogens (tertiary/aromatic N) is 1. The number of amides is 3. The average molecular weight is 389 g/mol. The van der Waals surface area contributed by atoms with Gasteiger partial charge in [0.15, 0.2) is 0 Å². The van der Waals surface area contributed by atoms with Gasteiger partial charge in [0.1, 0.15) is 11.2 Å². The van der Waals surface area contributed by atoms with Crippen LogP contribution in [0.4, 0.5) is 22.8 Å². The Morgan fingerprint density at radius 3 is 1.67 bits per heavy atom. The van der Waals surface area contributed by atoms with Crippen molar-refractivity contribution in [2.45, 2.75) is 58.9 Å². The summed E-state index contributed by atoms with van der Waals surface area (Å²) >= 11 is 0. The predicted molar refractivity (Wildman–Crippen MR) is 90.1 cm³/mol. The summed E-state index contributed by atoms with van der Waals surface area (Å²) < 4.78 is 48.7. The highest BCUT2D eigenvalue weighted by Crippen LogP contribution is 2.30. The van der Waals surface area contributed by atoms with Crippen LogP contribution in [0.25, 0.3) is 0 Å². The molecule has 6 nitrogen and oxygen atoms in total. The fraction of sp³-hybridized carbons (Fsp3) is 0.500. The predicted octanol–water partition coefficient (Wildman–Crippen LogP) is 5.02. The Kier molecular flexibility index (Phi) is 6.30. The Morgan fingerprint density at radius 2 is 1.30 bits per heavy atom. The molecule has 0 saturated heterocycles. The van der Waals surface area contributed by atoms with Crippen molar-refractivity contribution in [3.8, 4) is 0 Å². The van der Waals surface area contributed by atoms with Crippen LogP contribution in [0.3, 0.4) is 0 Å². The number of carbonyl (C=O) groups is 3. The second-order valence-electron chi connectivity index (χ2n) is 7.68. The van der Waals surface area contributed by atoms with E-state index in [4.69, 9.17) is 9.47 Å². The molecular formula is C18H22F3NO5. The highest BCUT2D eigenvalue weighted by molar-refractivity contribution is 6.13. The minimum Gasteiger partial charge on any atom is -0.443 e. The average Bonchev–Trinajstić information content (AvgIpc) is 2.42. The van der Waals surface area contributed by atoms with Crippen LogP contribution >= 0.6 is 0 Å². The molecule has 0 aromatic heterocycles. The highest BCUT2D eigenvalue weighted by Gasteiger charge is 2.38. The first-order valence-electron chi connectivity index (χ1n) is 7.99. The molecule has 150 valence electrons. The Balaban J connectivity index is 3.31. The van der Waals surface area contributed by atoms with Gasteiger partial charge < -0.3 is 9.47 Å². The standard InChI is InChI=1S/C18H22F3NO5/c1-16(2,3)26-14(24)22(15(25)27-17(4,5)6)13(23)11-8-7-9-12(10-11)18(19,20)21/h7-10H,1-6H3. The largest absolute Gasteiger partial charge is 0.443 e. The number of carbonyl (C=O) groups excluding carboxylic acids is 3. The third kappa shape index (κ3) is 6.92. The number of halogens is 3. The van der Waals surface area contributed by atoms with Gasteiger partial charge in [-0.15, -0.1) is 4.90 Å². The topological polar surface area (TPSA) is 72.9 Å². The van der Waals surface area contributed by atoms with Gasteiger partial charge in [-0.2, -0.15) is 13.2 Å². The minimum absolute atomic E-state index is 0.0476. The number of rotatable bonds is 1. The summed E-state index contributed by atoms with van der Waals surface area (Å²) in [6, 6.07) is 3.36. The Labute approximate surface area is 155 Å². The van der Waals surface area contributed by atoms with Crippen molar-refractivity contribution in [1.29, 1.82) is 0 Å². The van der Waals surface area contributed by atoms with Gasteiger partial charge in [0.2, 0.25) is 0 Å². The molecule has 1 rings (SSSR count). The molecule has 0 atom stereocenters. The molecule has 0 saturated carbocycles. The summed E-state index contributed by atoms with van der Waals surface area (Å²) in [5.41, 5.74) is -3.71. The Morgan fingerprint density at radius 1 is 0.852 bits per heavy atom. The highest BCUT2D eigenvalue weighted by atomic mass is 19.4. The SMILES string of the molecule is CC(C)(C)OC(=O)N(C(=O)OC(C)(C)C)C(=O)c1cccc(C(F)(F)F)c1. The van der Waals surface area contributed by atoms with Crippen molar-refractivity contribution in [3.63, 3.8) is 0 Å². The summed E-state index contributed by atoms with van der Waals surface area (Å²) in [6.07, 6.45) is -7.39. The third-order valence-corrected chi connectivity index (χ3v) is 2.79. The lowest BCUT2D eigenvalue weighted by Crippen LogP contribution is -2.47. The van der Waals surface area contributed by atoms with E-state index in [0.717, 1.165) is 18.2 Å². The number of hydrogen-bond donors (Lipinski definition) is 0. The van der Waals surface area contributed by atoms with Crippen LogP contribution in [0.5, 0.6) is 0 Å².